The molecule has 5 aromatic rings. The standard InChI is InChI=1S/C29H31F2N7O2S/c1-5-36(6-2)22-10-7-20(8-11-22)25-14-37-15-26(41-28(37)34-25)27(39)35(4)19(3)29(40,16-38-18-32-17-33-38)23-12-9-21(30)13-24(23)31/h7-15,17-19,40H,5-6,16H2,1-4H3/t19-,29-/m1/s1. The maximum absolute atomic E-state index is 14.9. The van der Waals surface area contributed by atoms with Gasteiger partial charge in [0.05, 0.1) is 18.3 Å². The zero-order chi connectivity index (χ0) is 29.3. The molecule has 0 aliphatic carbocycles. The van der Waals surface area contributed by atoms with Gasteiger partial charge in [0.1, 0.15) is 34.8 Å². The Morgan fingerprint density at radius 1 is 1.12 bits per heavy atom. The van der Waals surface area contributed by atoms with E-state index >= 15 is 0 Å². The number of nitrogens with zero attached hydrogens (tertiary/aromatic N) is 7. The molecule has 0 radical (unpaired) electrons. The highest BCUT2D eigenvalue weighted by molar-refractivity contribution is 7.18. The Balaban J connectivity index is 1.40. The van der Waals surface area contributed by atoms with E-state index in [2.05, 4.69) is 41.0 Å². The van der Waals surface area contributed by atoms with E-state index in [1.54, 1.807) is 17.5 Å². The van der Waals surface area contributed by atoms with Crippen molar-refractivity contribution in [3.63, 3.8) is 0 Å². The number of fused-ring (bicyclic) bond motifs is 1. The van der Waals surface area contributed by atoms with Crippen LogP contribution in [-0.4, -0.2) is 66.2 Å². The van der Waals surface area contributed by atoms with Crippen LogP contribution in [0.4, 0.5) is 14.5 Å². The van der Waals surface area contributed by atoms with Crippen molar-refractivity contribution in [2.75, 3.05) is 25.0 Å². The Kier molecular flexibility index (Phi) is 7.87. The molecule has 9 nitrogen and oxygen atoms in total. The summed E-state index contributed by atoms with van der Waals surface area (Å²) in [5.41, 5.74) is 0.804. The lowest BCUT2D eigenvalue weighted by molar-refractivity contribution is -0.0499. The number of thiazole rings is 1. The van der Waals surface area contributed by atoms with Gasteiger partial charge in [-0.1, -0.05) is 29.5 Å². The first-order valence-corrected chi connectivity index (χ1v) is 14.1. The van der Waals surface area contributed by atoms with Gasteiger partial charge in [-0.2, -0.15) is 5.10 Å². The molecule has 0 aliphatic rings. The maximum atomic E-state index is 14.9. The highest BCUT2D eigenvalue weighted by Crippen LogP contribution is 2.34. The highest BCUT2D eigenvalue weighted by Gasteiger charge is 2.43. The third-order valence-corrected chi connectivity index (χ3v) is 8.50. The Morgan fingerprint density at radius 3 is 2.46 bits per heavy atom. The van der Waals surface area contributed by atoms with Crippen LogP contribution >= 0.6 is 11.3 Å². The van der Waals surface area contributed by atoms with E-state index in [1.165, 1.54) is 46.7 Å². The number of hydrogen-bond donors (Lipinski definition) is 1. The highest BCUT2D eigenvalue weighted by atomic mass is 32.1. The zero-order valence-corrected chi connectivity index (χ0v) is 24.0. The maximum Gasteiger partial charge on any atom is 0.265 e. The van der Waals surface area contributed by atoms with Crippen molar-refractivity contribution in [3.8, 4) is 11.3 Å². The molecule has 214 valence electrons. The molecule has 0 fully saturated rings. The lowest BCUT2D eigenvalue weighted by Gasteiger charge is -2.39. The smallest absolute Gasteiger partial charge is 0.265 e. The number of amides is 1. The minimum Gasteiger partial charge on any atom is -0.381 e. The van der Waals surface area contributed by atoms with Crippen LogP contribution in [0.3, 0.4) is 0 Å². The first-order valence-electron chi connectivity index (χ1n) is 13.3. The molecule has 12 heteroatoms. The molecule has 41 heavy (non-hydrogen) atoms. The molecule has 0 unspecified atom stereocenters. The monoisotopic (exact) mass is 579 g/mol. The summed E-state index contributed by atoms with van der Waals surface area (Å²) in [5, 5.41) is 15.9. The molecular formula is C29H31F2N7O2S. The summed E-state index contributed by atoms with van der Waals surface area (Å²) in [5.74, 6) is -2.07. The number of carbonyl (C=O) groups excluding carboxylic acids is 1. The van der Waals surface area contributed by atoms with Gasteiger partial charge < -0.3 is 14.9 Å². The van der Waals surface area contributed by atoms with Crippen LogP contribution in [0.5, 0.6) is 0 Å². The summed E-state index contributed by atoms with van der Waals surface area (Å²) in [6, 6.07) is 10.2. The summed E-state index contributed by atoms with van der Waals surface area (Å²) >= 11 is 1.22. The Bertz CT molecular complexity index is 1620. The molecule has 0 saturated heterocycles. The minimum absolute atomic E-state index is 0.154. The van der Waals surface area contributed by atoms with Gasteiger partial charge in [-0.3, -0.25) is 9.20 Å². The zero-order valence-electron chi connectivity index (χ0n) is 23.2. The Labute approximate surface area is 240 Å². The Morgan fingerprint density at radius 2 is 1.85 bits per heavy atom. The van der Waals surface area contributed by atoms with Gasteiger partial charge in [-0.05, 0) is 39.0 Å². The number of imidazole rings is 1. The van der Waals surface area contributed by atoms with Crippen LogP contribution in [0.15, 0.2) is 67.5 Å². The molecule has 3 heterocycles. The molecule has 5 rings (SSSR count). The van der Waals surface area contributed by atoms with Crippen molar-refractivity contribution in [2.24, 2.45) is 0 Å². The second-order valence-electron chi connectivity index (χ2n) is 9.86. The second kappa shape index (κ2) is 11.4. The number of likely N-dealkylation sites (N-methyl/N-ethyl adjacent to an activating group) is 1. The quantitative estimate of drug-likeness (QED) is 0.255. The molecule has 0 saturated carbocycles. The van der Waals surface area contributed by atoms with E-state index < -0.39 is 23.3 Å². The van der Waals surface area contributed by atoms with E-state index in [0.29, 0.717) is 15.9 Å². The second-order valence-corrected chi connectivity index (χ2v) is 10.9. The number of halogens is 2. The fourth-order valence-corrected chi connectivity index (χ4v) is 5.93. The lowest BCUT2D eigenvalue weighted by atomic mass is 9.85. The molecule has 0 aliphatic heterocycles. The predicted octanol–water partition coefficient (Wildman–Crippen LogP) is 4.83. The van der Waals surface area contributed by atoms with Crippen LogP contribution < -0.4 is 4.90 Å². The summed E-state index contributed by atoms with van der Waals surface area (Å²) in [6.45, 7) is 7.50. The number of anilines is 1. The average molecular weight is 580 g/mol. The summed E-state index contributed by atoms with van der Waals surface area (Å²) in [4.78, 5) is 26.8. The van der Waals surface area contributed by atoms with Crippen LogP contribution in [0.25, 0.3) is 16.2 Å². The van der Waals surface area contributed by atoms with Gasteiger partial charge in [0, 0.05) is 55.4 Å². The van der Waals surface area contributed by atoms with Gasteiger partial charge in [0.15, 0.2) is 4.96 Å². The van der Waals surface area contributed by atoms with Crippen molar-refractivity contribution >= 4 is 27.9 Å². The lowest BCUT2D eigenvalue weighted by Crippen LogP contribution is -2.52. The van der Waals surface area contributed by atoms with E-state index in [1.807, 2.05) is 18.3 Å². The first-order chi connectivity index (χ1) is 19.6. The SMILES string of the molecule is CCN(CC)c1ccc(-c2cn3cc(C(=O)N(C)[C@H](C)[C@](O)(Cn4cncn4)c4ccc(F)cc4F)sc3n2)cc1. The third-order valence-electron chi connectivity index (χ3n) is 7.52. The molecule has 1 amide bonds. The number of carbonyl (C=O) groups is 1. The van der Waals surface area contributed by atoms with E-state index in [-0.39, 0.29) is 18.0 Å². The fourth-order valence-electron chi connectivity index (χ4n) is 4.98. The normalized spacial score (nSPS) is 13.7. The largest absolute Gasteiger partial charge is 0.381 e. The van der Waals surface area contributed by atoms with Crippen molar-refractivity contribution in [2.45, 2.75) is 39.0 Å². The number of hydrogen-bond acceptors (Lipinski definition) is 7. The average Bonchev–Trinajstić information content (AvgIpc) is 3.70. The number of benzene rings is 2. The van der Waals surface area contributed by atoms with Crippen molar-refractivity contribution in [1.82, 2.24) is 29.0 Å². The molecule has 2 aromatic carbocycles. The van der Waals surface area contributed by atoms with Crippen LogP contribution in [0, 0.1) is 11.6 Å². The topological polar surface area (TPSA) is 91.8 Å². The summed E-state index contributed by atoms with van der Waals surface area (Å²) < 4.78 is 31.8. The van der Waals surface area contributed by atoms with Crippen molar-refractivity contribution in [1.29, 1.82) is 0 Å². The molecule has 3 aromatic heterocycles. The van der Waals surface area contributed by atoms with Crippen LogP contribution in [-0.2, 0) is 12.1 Å². The number of rotatable bonds is 10. The molecule has 1 N–H and O–H groups in total. The van der Waals surface area contributed by atoms with E-state index in [9.17, 15) is 18.7 Å². The van der Waals surface area contributed by atoms with Gasteiger partial charge in [0.25, 0.3) is 5.91 Å². The molecule has 0 spiro atoms. The van der Waals surface area contributed by atoms with Crippen LogP contribution in [0.2, 0.25) is 0 Å². The summed E-state index contributed by atoms with van der Waals surface area (Å²) in [7, 11) is 1.53. The van der Waals surface area contributed by atoms with Crippen molar-refractivity contribution < 1.29 is 18.7 Å². The number of aromatic nitrogens is 5. The van der Waals surface area contributed by atoms with Crippen LogP contribution in [0.1, 0.15) is 36.0 Å². The van der Waals surface area contributed by atoms with Gasteiger partial charge in [0.2, 0.25) is 0 Å². The minimum atomic E-state index is -1.95. The van der Waals surface area contributed by atoms with Crippen molar-refractivity contribution in [3.05, 3.63) is 89.6 Å². The van der Waals surface area contributed by atoms with Gasteiger partial charge in [-0.15, -0.1) is 0 Å². The molecular weight excluding hydrogens is 548 g/mol. The Hall–Kier alpha value is -4.16. The predicted molar refractivity (Wildman–Crippen MR) is 154 cm³/mol. The van der Waals surface area contributed by atoms with E-state index in [0.717, 1.165) is 36.1 Å². The van der Waals surface area contributed by atoms with E-state index in [4.69, 9.17) is 4.98 Å². The fraction of sp³-hybridized carbons (Fsp3) is 0.310. The molecule has 2 atom stereocenters. The first kappa shape index (κ1) is 28.4. The summed E-state index contributed by atoms with van der Waals surface area (Å²) in [6.07, 6.45) is 6.23. The molecule has 0 bridgehead atoms. The van der Waals surface area contributed by atoms with Gasteiger partial charge in [-0.25, -0.2) is 23.4 Å². The third kappa shape index (κ3) is 5.44. The number of aliphatic hydroxyl groups is 1. The van der Waals surface area contributed by atoms with Gasteiger partial charge >= 0.3 is 0 Å².